The van der Waals surface area contributed by atoms with Crippen LogP contribution < -0.4 is 0 Å². The van der Waals surface area contributed by atoms with Crippen molar-refractivity contribution < 1.29 is 0 Å². The minimum absolute atomic E-state index is 0.646. The standard InChI is InChI=1S/C20H32/c1-15(2)18-12-9-17(10-13-18)11-14-19-7-5-6-8-20(19)16(3)4/h9-10,12-13,15-16,19-20H,5-8,11,14H2,1-4H3. The topological polar surface area (TPSA) is 0 Å². The fourth-order valence-electron chi connectivity index (χ4n) is 3.89. The summed E-state index contributed by atoms with van der Waals surface area (Å²) in [7, 11) is 0. The summed E-state index contributed by atoms with van der Waals surface area (Å²) in [6.45, 7) is 9.37. The largest absolute Gasteiger partial charge is 0.0625 e. The van der Waals surface area contributed by atoms with E-state index in [0.29, 0.717) is 5.92 Å². The van der Waals surface area contributed by atoms with Crippen LogP contribution in [0.1, 0.15) is 76.8 Å². The summed E-state index contributed by atoms with van der Waals surface area (Å²) < 4.78 is 0. The zero-order valence-electron chi connectivity index (χ0n) is 13.9. The quantitative estimate of drug-likeness (QED) is 0.598. The van der Waals surface area contributed by atoms with E-state index in [0.717, 1.165) is 17.8 Å². The van der Waals surface area contributed by atoms with E-state index in [2.05, 4.69) is 52.0 Å². The number of hydrogen-bond acceptors (Lipinski definition) is 0. The molecule has 1 saturated carbocycles. The van der Waals surface area contributed by atoms with E-state index < -0.39 is 0 Å². The van der Waals surface area contributed by atoms with Gasteiger partial charge in [0.25, 0.3) is 0 Å². The van der Waals surface area contributed by atoms with Crippen molar-refractivity contribution in [1.29, 1.82) is 0 Å². The molecule has 1 aromatic carbocycles. The predicted octanol–water partition coefficient (Wildman–Crippen LogP) is 6.21. The van der Waals surface area contributed by atoms with Crippen molar-refractivity contribution in [2.45, 2.75) is 72.1 Å². The summed E-state index contributed by atoms with van der Waals surface area (Å²) >= 11 is 0. The summed E-state index contributed by atoms with van der Waals surface area (Å²) in [5.41, 5.74) is 2.99. The molecule has 2 rings (SSSR count). The molecule has 0 heterocycles. The van der Waals surface area contributed by atoms with Gasteiger partial charge in [-0.1, -0.05) is 71.2 Å². The molecular weight excluding hydrogens is 240 g/mol. The van der Waals surface area contributed by atoms with E-state index in [-0.39, 0.29) is 0 Å². The minimum Gasteiger partial charge on any atom is -0.0625 e. The fraction of sp³-hybridized carbons (Fsp3) is 0.700. The van der Waals surface area contributed by atoms with Gasteiger partial charge in [0.05, 0.1) is 0 Å². The molecule has 0 aliphatic heterocycles. The number of benzene rings is 1. The van der Waals surface area contributed by atoms with Gasteiger partial charge in [-0.25, -0.2) is 0 Å². The molecule has 112 valence electrons. The predicted molar refractivity (Wildman–Crippen MR) is 89.1 cm³/mol. The van der Waals surface area contributed by atoms with Crippen molar-refractivity contribution in [1.82, 2.24) is 0 Å². The van der Waals surface area contributed by atoms with Gasteiger partial charge in [-0.2, -0.15) is 0 Å². The molecule has 0 amide bonds. The average molecular weight is 272 g/mol. The summed E-state index contributed by atoms with van der Waals surface area (Å²) in [6, 6.07) is 9.34. The normalized spacial score (nSPS) is 23.5. The van der Waals surface area contributed by atoms with Crippen LogP contribution in [0.3, 0.4) is 0 Å². The van der Waals surface area contributed by atoms with E-state index in [4.69, 9.17) is 0 Å². The zero-order chi connectivity index (χ0) is 14.5. The molecule has 2 atom stereocenters. The van der Waals surface area contributed by atoms with Crippen molar-refractivity contribution >= 4 is 0 Å². The molecule has 0 N–H and O–H groups in total. The highest BCUT2D eigenvalue weighted by Crippen LogP contribution is 2.37. The van der Waals surface area contributed by atoms with Crippen LogP contribution in [0.25, 0.3) is 0 Å². The molecule has 1 aliphatic rings. The van der Waals surface area contributed by atoms with Crippen LogP contribution >= 0.6 is 0 Å². The third kappa shape index (κ3) is 4.11. The Hall–Kier alpha value is -0.780. The van der Waals surface area contributed by atoms with Gasteiger partial charge in [-0.3, -0.25) is 0 Å². The molecule has 20 heavy (non-hydrogen) atoms. The number of rotatable bonds is 5. The Bertz CT molecular complexity index is 385. The second-order valence-corrected chi connectivity index (χ2v) is 7.39. The lowest BCUT2D eigenvalue weighted by Gasteiger charge is -2.34. The smallest absolute Gasteiger partial charge is 0.0219 e. The average Bonchev–Trinajstić information content (AvgIpc) is 2.45. The van der Waals surface area contributed by atoms with Gasteiger partial charge in [-0.15, -0.1) is 0 Å². The molecule has 1 aromatic rings. The lowest BCUT2D eigenvalue weighted by Crippen LogP contribution is -2.24. The van der Waals surface area contributed by atoms with Gasteiger partial charge in [0.15, 0.2) is 0 Å². The van der Waals surface area contributed by atoms with Crippen molar-refractivity contribution in [2.75, 3.05) is 0 Å². The van der Waals surface area contributed by atoms with Crippen LogP contribution in [-0.4, -0.2) is 0 Å². The fourth-order valence-corrected chi connectivity index (χ4v) is 3.89. The molecule has 0 spiro atoms. The molecule has 0 radical (unpaired) electrons. The zero-order valence-corrected chi connectivity index (χ0v) is 13.9. The van der Waals surface area contributed by atoms with Crippen LogP contribution in [0.5, 0.6) is 0 Å². The number of hydrogen-bond donors (Lipinski definition) is 0. The first-order chi connectivity index (χ1) is 9.58. The van der Waals surface area contributed by atoms with Crippen molar-refractivity contribution in [3.05, 3.63) is 35.4 Å². The maximum Gasteiger partial charge on any atom is -0.0219 e. The molecule has 0 bridgehead atoms. The van der Waals surface area contributed by atoms with Crippen LogP contribution in [-0.2, 0) is 6.42 Å². The van der Waals surface area contributed by atoms with Crippen LogP contribution in [0.2, 0.25) is 0 Å². The SMILES string of the molecule is CC(C)c1ccc(CCC2CCCCC2C(C)C)cc1. The summed E-state index contributed by atoms with van der Waals surface area (Å²) in [4.78, 5) is 0. The third-order valence-corrected chi connectivity index (χ3v) is 5.27. The molecule has 1 fully saturated rings. The Balaban J connectivity index is 1.90. The maximum atomic E-state index is 2.42. The highest BCUT2D eigenvalue weighted by molar-refractivity contribution is 5.24. The van der Waals surface area contributed by atoms with Gasteiger partial charge >= 0.3 is 0 Å². The second kappa shape index (κ2) is 7.29. The van der Waals surface area contributed by atoms with Gasteiger partial charge in [-0.05, 0) is 54.1 Å². The van der Waals surface area contributed by atoms with E-state index >= 15 is 0 Å². The molecule has 0 saturated heterocycles. The van der Waals surface area contributed by atoms with Crippen molar-refractivity contribution in [3.63, 3.8) is 0 Å². The summed E-state index contributed by atoms with van der Waals surface area (Å²) in [6.07, 6.45) is 8.51. The third-order valence-electron chi connectivity index (χ3n) is 5.27. The van der Waals surface area contributed by atoms with E-state index in [1.54, 1.807) is 0 Å². The van der Waals surface area contributed by atoms with Gasteiger partial charge in [0.1, 0.15) is 0 Å². The van der Waals surface area contributed by atoms with Crippen LogP contribution in [0.4, 0.5) is 0 Å². The van der Waals surface area contributed by atoms with Crippen molar-refractivity contribution in [2.24, 2.45) is 17.8 Å². The number of aryl methyl sites for hydroxylation is 1. The van der Waals surface area contributed by atoms with Gasteiger partial charge in [0, 0.05) is 0 Å². The highest BCUT2D eigenvalue weighted by atomic mass is 14.3. The van der Waals surface area contributed by atoms with Crippen molar-refractivity contribution in [3.8, 4) is 0 Å². The van der Waals surface area contributed by atoms with E-state index in [1.807, 2.05) is 0 Å². The minimum atomic E-state index is 0.646. The Labute approximate surface area is 126 Å². The lowest BCUT2D eigenvalue weighted by atomic mass is 9.71. The molecule has 0 aromatic heterocycles. The first kappa shape index (κ1) is 15.6. The molecule has 0 heteroatoms. The lowest BCUT2D eigenvalue weighted by molar-refractivity contribution is 0.171. The first-order valence-electron chi connectivity index (χ1n) is 8.66. The van der Waals surface area contributed by atoms with E-state index in [9.17, 15) is 0 Å². The van der Waals surface area contributed by atoms with Crippen LogP contribution in [0, 0.1) is 17.8 Å². The summed E-state index contributed by atoms with van der Waals surface area (Å²) in [5.74, 6) is 3.45. The highest BCUT2D eigenvalue weighted by Gasteiger charge is 2.26. The Morgan fingerprint density at radius 2 is 1.60 bits per heavy atom. The van der Waals surface area contributed by atoms with E-state index in [1.165, 1.54) is 49.7 Å². The van der Waals surface area contributed by atoms with Crippen LogP contribution in [0.15, 0.2) is 24.3 Å². The molecule has 1 aliphatic carbocycles. The Kier molecular flexibility index (Phi) is 5.69. The molecule has 0 nitrogen and oxygen atoms in total. The summed E-state index contributed by atoms with van der Waals surface area (Å²) in [5, 5.41) is 0. The Morgan fingerprint density at radius 3 is 2.20 bits per heavy atom. The maximum absolute atomic E-state index is 2.42. The molecule has 2 unspecified atom stereocenters. The first-order valence-corrected chi connectivity index (χ1v) is 8.66. The molecular formula is C20H32. The van der Waals surface area contributed by atoms with Gasteiger partial charge < -0.3 is 0 Å². The monoisotopic (exact) mass is 272 g/mol. The second-order valence-electron chi connectivity index (χ2n) is 7.39. The Morgan fingerprint density at radius 1 is 0.950 bits per heavy atom. The van der Waals surface area contributed by atoms with Gasteiger partial charge in [0.2, 0.25) is 0 Å².